The fourth-order valence-corrected chi connectivity index (χ4v) is 4.42. The zero-order valence-corrected chi connectivity index (χ0v) is 21.6. The molecular weight excluding hydrogens is 500 g/mol. The van der Waals surface area contributed by atoms with E-state index in [0.29, 0.717) is 29.6 Å². The normalized spacial score (nSPS) is 13.1. The number of rotatable bonds is 8. The third-order valence-corrected chi connectivity index (χ3v) is 6.49. The van der Waals surface area contributed by atoms with Crippen LogP contribution in [0, 0.1) is 0 Å². The van der Waals surface area contributed by atoms with Crippen LogP contribution in [-0.2, 0) is 13.2 Å². The van der Waals surface area contributed by atoms with Gasteiger partial charge in [0.05, 0.1) is 0 Å². The lowest BCUT2D eigenvalue weighted by Crippen LogP contribution is -2.43. The first-order valence-electron chi connectivity index (χ1n) is 12.5. The van der Waals surface area contributed by atoms with E-state index in [1.807, 2.05) is 66.9 Å². The maximum Gasteiger partial charge on any atom is 0.319 e. The summed E-state index contributed by atoms with van der Waals surface area (Å²) in [7, 11) is 0. The lowest BCUT2D eigenvalue weighted by atomic mass is 10.0. The number of carbonyl (C=O) groups excluding carboxylic acids is 1. The number of carbonyl (C=O) groups is 1. The largest absolute Gasteiger partial charge is 0.489 e. The molecule has 0 radical (unpaired) electrons. The number of halogens is 1. The van der Waals surface area contributed by atoms with Gasteiger partial charge in [0, 0.05) is 62.0 Å². The molecule has 3 heterocycles. The molecule has 4 aromatic rings. The highest BCUT2D eigenvalue weighted by atomic mass is 35.5. The van der Waals surface area contributed by atoms with E-state index in [-0.39, 0.29) is 6.03 Å². The lowest BCUT2D eigenvalue weighted by Gasteiger charge is -2.28. The molecule has 0 aliphatic carbocycles. The van der Waals surface area contributed by atoms with Gasteiger partial charge in [-0.25, -0.2) is 9.78 Å². The smallest absolute Gasteiger partial charge is 0.319 e. The topological polar surface area (TPSA) is 91.4 Å². The molecule has 2 aromatic carbocycles. The average Bonchev–Trinajstić information content (AvgIpc) is 2.97. The molecule has 38 heavy (non-hydrogen) atoms. The van der Waals surface area contributed by atoms with Crippen molar-refractivity contribution in [3.63, 3.8) is 0 Å². The molecule has 5 rings (SSSR count). The second-order valence-electron chi connectivity index (χ2n) is 8.92. The molecule has 3 N–H and O–H groups in total. The maximum atomic E-state index is 12.2. The summed E-state index contributed by atoms with van der Waals surface area (Å²) in [4.78, 5) is 23.1. The summed E-state index contributed by atoms with van der Waals surface area (Å²) in [6, 6.07) is 20.7. The summed E-state index contributed by atoms with van der Waals surface area (Å²) in [6.45, 7) is 4.53. The summed E-state index contributed by atoms with van der Waals surface area (Å²) >= 11 is 6.37. The van der Waals surface area contributed by atoms with Gasteiger partial charge in [-0.05, 0) is 76.9 Å². The molecule has 0 unspecified atom stereocenters. The van der Waals surface area contributed by atoms with Crippen LogP contribution in [0.4, 0.5) is 16.3 Å². The predicted octanol–water partition coefficient (Wildman–Crippen LogP) is 5.11. The van der Waals surface area contributed by atoms with Crippen molar-refractivity contribution < 1.29 is 9.53 Å². The Morgan fingerprint density at radius 2 is 1.87 bits per heavy atom. The van der Waals surface area contributed by atoms with Crippen molar-refractivity contribution >= 4 is 29.1 Å². The molecular formula is C29H29ClN6O2. The average molecular weight is 529 g/mol. The van der Waals surface area contributed by atoms with Crippen LogP contribution in [0.3, 0.4) is 0 Å². The zero-order valence-electron chi connectivity index (χ0n) is 20.9. The highest BCUT2D eigenvalue weighted by Crippen LogP contribution is 2.30. The van der Waals surface area contributed by atoms with Crippen molar-refractivity contribution in [2.75, 3.05) is 36.4 Å². The van der Waals surface area contributed by atoms with E-state index in [1.54, 1.807) is 12.4 Å². The minimum absolute atomic E-state index is 0.286. The first kappa shape index (κ1) is 25.5. The standard InChI is InChI=1S/C29H29ClN6O2/c30-24-4-3-23(27(17-24)22-9-11-33-28(16-22)36-14-12-31-13-15-36)20-38-26-7-5-25(6-8-26)35-29(37)34-19-21-2-1-10-32-18-21/h1-11,16-18,31H,12-15,19-20H2,(H2,34,35,37). The Morgan fingerprint density at radius 3 is 2.66 bits per heavy atom. The van der Waals surface area contributed by atoms with Gasteiger partial charge in [-0.1, -0.05) is 23.7 Å². The lowest BCUT2D eigenvalue weighted by molar-refractivity contribution is 0.251. The van der Waals surface area contributed by atoms with Crippen LogP contribution < -0.4 is 25.6 Å². The second kappa shape index (κ2) is 12.4. The number of aromatic nitrogens is 2. The van der Waals surface area contributed by atoms with Crippen LogP contribution in [0.5, 0.6) is 5.75 Å². The third kappa shape index (κ3) is 6.79. The fraction of sp³-hybridized carbons (Fsp3) is 0.207. The molecule has 2 aromatic heterocycles. The second-order valence-corrected chi connectivity index (χ2v) is 9.36. The summed E-state index contributed by atoms with van der Waals surface area (Å²) in [5, 5.41) is 9.69. The minimum atomic E-state index is -0.286. The summed E-state index contributed by atoms with van der Waals surface area (Å²) < 4.78 is 6.09. The number of pyridine rings is 2. The molecule has 0 spiro atoms. The van der Waals surface area contributed by atoms with Gasteiger partial charge in [-0.2, -0.15) is 0 Å². The molecule has 8 nitrogen and oxygen atoms in total. The minimum Gasteiger partial charge on any atom is -0.489 e. The van der Waals surface area contributed by atoms with Crippen molar-refractivity contribution in [3.05, 3.63) is 101 Å². The summed E-state index contributed by atoms with van der Waals surface area (Å²) in [5.74, 6) is 1.66. The Morgan fingerprint density at radius 1 is 1.03 bits per heavy atom. The van der Waals surface area contributed by atoms with Crippen LogP contribution in [0.2, 0.25) is 5.02 Å². The molecule has 9 heteroatoms. The van der Waals surface area contributed by atoms with E-state index in [1.165, 1.54) is 0 Å². The molecule has 1 saturated heterocycles. The van der Waals surface area contributed by atoms with Gasteiger partial charge >= 0.3 is 6.03 Å². The Kier molecular flexibility index (Phi) is 8.32. The fourth-order valence-electron chi connectivity index (χ4n) is 4.25. The summed E-state index contributed by atoms with van der Waals surface area (Å²) in [5.41, 5.74) is 4.68. The van der Waals surface area contributed by atoms with Crippen molar-refractivity contribution in [1.29, 1.82) is 0 Å². The van der Waals surface area contributed by atoms with Gasteiger partial charge in [0.15, 0.2) is 0 Å². The van der Waals surface area contributed by atoms with Crippen LogP contribution in [0.25, 0.3) is 11.1 Å². The van der Waals surface area contributed by atoms with E-state index >= 15 is 0 Å². The van der Waals surface area contributed by atoms with Crippen LogP contribution in [-0.4, -0.2) is 42.2 Å². The number of piperazine rings is 1. The molecule has 0 bridgehead atoms. The van der Waals surface area contributed by atoms with Crippen LogP contribution in [0.1, 0.15) is 11.1 Å². The Hall–Kier alpha value is -4.14. The van der Waals surface area contributed by atoms with Gasteiger partial charge < -0.3 is 25.6 Å². The van der Waals surface area contributed by atoms with Gasteiger partial charge in [0.1, 0.15) is 18.2 Å². The number of benzene rings is 2. The Labute approximate surface area is 227 Å². The number of urea groups is 1. The zero-order chi connectivity index (χ0) is 26.2. The van der Waals surface area contributed by atoms with Gasteiger partial charge in [0.25, 0.3) is 0 Å². The molecule has 194 valence electrons. The van der Waals surface area contributed by atoms with Gasteiger partial charge in [-0.15, -0.1) is 0 Å². The van der Waals surface area contributed by atoms with Crippen molar-refractivity contribution in [1.82, 2.24) is 20.6 Å². The van der Waals surface area contributed by atoms with Crippen LogP contribution >= 0.6 is 11.6 Å². The first-order valence-corrected chi connectivity index (χ1v) is 12.9. The number of nitrogens with zero attached hydrogens (tertiary/aromatic N) is 3. The SMILES string of the molecule is O=C(NCc1cccnc1)Nc1ccc(OCc2ccc(Cl)cc2-c2ccnc(N3CCNCC3)c2)cc1. The number of hydrogen-bond acceptors (Lipinski definition) is 6. The van der Waals surface area contributed by atoms with Crippen molar-refractivity contribution in [2.45, 2.75) is 13.2 Å². The van der Waals surface area contributed by atoms with E-state index in [4.69, 9.17) is 16.3 Å². The number of nitrogens with one attached hydrogen (secondary N) is 3. The Balaban J connectivity index is 1.21. The number of hydrogen-bond donors (Lipinski definition) is 3. The molecule has 1 fully saturated rings. The highest BCUT2D eigenvalue weighted by Gasteiger charge is 2.14. The van der Waals surface area contributed by atoms with Crippen LogP contribution in [0.15, 0.2) is 85.3 Å². The van der Waals surface area contributed by atoms with Crippen molar-refractivity contribution in [2.24, 2.45) is 0 Å². The molecule has 0 atom stereocenters. The predicted molar refractivity (Wildman–Crippen MR) is 151 cm³/mol. The van der Waals surface area contributed by atoms with E-state index in [9.17, 15) is 4.79 Å². The summed E-state index contributed by atoms with van der Waals surface area (Å²) in [6.07, 6.45) is 5.26. The molecule has 1 aliphatic rings. The number of ether oxygens (including phenoxy) is 1. The van der Waals surface area contributed by atoms with Crippen molar-refractivity contribution in [3.8, 4) is 16.9 Å². The first-order chi connectivity index (χ1) is 18.6. The van der Waals surface area contributed by atoms with Gasteiger partial charge in [0.2, 0.25) is 0 Å². The number of amides is 2. The Bertz CT molecular complexity index is 1360. The molecule has 1 aliphatic heterocycles. The van der Waals surface area contributed by atoms with Gasteiger partial charge in [-0.3, -0.25) is 4.98 Å². The maximum absolute atomic E-state index is 12.2. The quantitative estimate of drug-likeness (QED) is 0.294. The van der Waals surface area contributed by atoms with E-state index in [0.717, 1.165) is 54.3 Å². The van der Waals surface area contributed by atoms with E-state index < -0.39 is 0 Å². The van der Waals surface area contributed by atoms with E-state index in [2.05, 4.69) is 36.9 Å². The molecule has 0 saturated carbocycles. The number of anilines is 2. The third-order valence-electron chi connectivity index (χ3n) is 6.25. The monoisotopic (exact) mass is 528 g/mol. The molecule has 2 amide bonds. The highest BCUT2D eigenvalue weighted by molar-refractivity contribution is 6.30.